The number of hydrogen-bond donors (Lipinski definition) is 4. The zero-order valence-corrected chi connectivity index (χ0v) is 21.0. The average Bonchev–Trinajstić information content (AvgIpc) is 3.02. The van der Waals surface area contributed by atoms with Gasteiger partial charge in [0.05, 0.1) is 5.02 Å². The van der Waals surface area contributed by atoms with Gasteiger partial charge in [0.2, 0.25) is 0 Å². The summed E-state index contributed by atoms with van der Waals surface area (Å²) in [5.74, 6) is -2.48. The molecule has 1 aliphatic heterocycles. The van der Waals surface area contributed by atoms with Crippen LogP contribution in [-0.2, 0) is 10.2 Å². The number of rotatable bonds is 5. The Labute approximate surface area is 208 Å². The number of nitrogens with zero attached hydrogens (tertiary/aromatic N) is 1. The lowest BCUT2D eigenvalue weighted by Crippen LogP contribution is -2.57. The lowest BCUT2D eigenvalue weighted by atomic mass is 9.54. The molecule has 0 amide bonds. The van der Waals surface area contributed by atoms with Crippen molar-refractivity contribution in [2.75, 3.05) is 12.0 Å². The van der Waals surface area contributed by atoms with Crippen molar-refractivity contribution in [3.63, 3.8) is 0 Å². The van der Waals surface area contributed by atoms with Crippen LogP contribution in [0.1, 0.15) is 63.5 Å². The highest BCUT2D eigenvalue weighted by atomic mass is 35.5. The fourth-order valence-electron chi connectivity index (χ4n) is 6.14. The van der Waals surface area contributed by atoms with Crippen molar-refractivity contribution < 1.29 is 19.4 Å². The normalized spacial score (nSPS) is 27.6. The van der Waals surface area contributed by atoms with Crippen LogP contribution in [0.25, 0.3) is 0 Å². The Balaban J connectivity index is 2.02. The number of hydrogen-bond acceptors (Lipinski definition) is 5. The predicted octanol–water partition coefficient (Wildman–Crippen LogP) is 5.33. The summed E-state index contributed by atoms with van der Waals surface area (Å²) in [5, 5.41) is 26.5. The molecule has 2 aromatic rings. The van der Waals surface area contributed by atoms with Crippen LogP contribution in [0.2, 0.25) is 10.2 Å². The summed E-state index contributed by atoms with van der Waals surface area (Å²) < 4.78 is 15.5. The van der Waals surface area contributed by atoms with E-state index in [2.05, 4.69) is 29.5 Å². The summed E-state index contributed by atoms with van der Waals surface area (Å²) in [6.45, 7) is 6.03. The van der Waals surface area contributed by atoms with Crippen molar-refractivity contribution in [2.45, 2.75) is 69.4 Å². The monoisotopic (exact) mass is 509 g/mol. The summed E-state index contributed by atoms with van der Waals surface area (Å²) in [6, 6.07) is 5.25. The van der Waals surface area contributed by atoms with Crippen LogP contribution >= 0.6 is 23.2 Å². The van der Waals surface area contributed by atoms with Crippen LogP contribution in [0.4, 0.5) is 10.1 Å². The highest BCUT2D eigenvalue weighted by Crippen LogP contribution is 2.61. The van der Waals surface area contributed by atoms with E-state index >= 15 is 4.39 Å². The lowest BCUT2D eigenvalue weighted by molar-refractivity contribution is -0.139. The standard InChI is InChI=1S/C25H30Cl2FN3O3/c1-23(2)7-9-25(10-8-23)24(3,15-12-29-18(27)11-17(15)30-13-32)19(21(31-25)22(33)34)14-5-4-6-16(26)20(14)28/h4-6,11-12,19,21,31-32H,7-10,13H2,1-3H3,(H,29,30)(H,33,34)/t19-,21+,24?/m0/s1. The lowest BCUT2D eigenvalue weighted by Gasteiger charge is -2.52. The number of carbonyl (C=O) groups is 1. The Kier molecular flexibility index (Phi) is 6.62. The number of aliphatic carboxylic acids is 1. The molecule has 1 aromatic carbocycles. The van der Waals surface area contributed by atoms with Gasteiger partial charge in [-0.1, -0.05) is 56.1 Å². The van der Waals surface area contributed by atoms with Crippen LogP contribution in [0, 0.1) is 11.2 Å². The van der Waals surface area contributed by atoms with Gasteiger partial charge in [-0.15, -0.1) is 0 Å². The van der Waals surface area contributed by atoms with Gasteiger partial charge in [0.15, 0.2) is 0 Å². The van der Waals surface area contributed by atoms with E-state index in [0.717, 1.165) is 12.8 Å². The molecule has 1 saturated heterocycles. The molecule has 1 unspecified atom stereocenters. The molecule has 1 saturated carbocycles. The van der Waals surface area contributed by atoms with E-state index in [-0.39, 0.29) is 27.9 Å². The molecular weight excluding hydrogens is 480 g/mol. The zero-order valence-electron chi connectivity index (χ0n) is 19.5. The molecule has 2 heterocycles. The second kappa shape index (κ2) is 8.94. The highest BCUT2D eigenvalue weighted by molar-refractivity contribution is 6.30. The highest BCUT2D eigenvalue weighted by Gasteiger charge is 2.65. The molecule has 0 radical (unpaired) electrons. The van der Waals surface area contributed by atoms with Crippen molar-refractivity contribution >= 4 is 34.9 Å². The Bertz CT molecular complexity index is 1100. The molecule has 184 valence electrons. The van der Waals surface area contributed by atoms with Gasteiger partial charge in [0.1, 0.15) is 23.7 Å². The van der Waals surface area contributed by atoms with Gasteiger partial charge in [-0.3, -0.25) is 10.1 Å². The fraction of sp³-hybridized carbons (Fsp3) is 0.520. The number of halogens is 3. The number of carboxylic acid groups (broad SMARTS) is 1. The Hall–Kier alpha value is -1.93. The third kappa shape index (κ3) is 3.96. The van der Waals surface area contributed by atoms with E-state index in [1.807, 2.05) is 6.92 Å². The number of pyridine rings is 1. The van der Waals surface area contributed by atoms with Gasteiger partial charge >= 0.3 is 5.97 Å². The number of benzene rings is 1. The molecule has 34 heavy (non-hydrogen) atoms. The molecule has 4 N–H and O–H groups in total. The maximum absolute atomic E-state index is 15.5. The number of nitrogens with one attached hydrogen (secondary N) is 2. The van der Waals surface area contributed by atoms with E-state index in [1.54, 1.807) is 24.4 Å². The number of aromatic nitrogens is 1. The Morgan fingerprint density at radius 3 is 2.53 bits per heavy atom. The molecule has 9 heteroatoms. The van der Waals surface area contributed by atoms with Gasteiger partial charge in [0, 0.05) is 34.3 Å². The van der Waals surface area contributed by atoms with Crippen LogP contribution < -0.4 is 10.6 Å². The molecule has 4 rings (SSSR count). The molecular formula is C25H30Cl2FN3O3. The molecule has 1 spiro atoms. The minimum atomic E-state index is -1.06. The number of carboxylic acids is 1. The van der Waals surface area contributed by atoms with E-state index in [9.17, 15) is 15.0 Å². The molecule has 1 aromatic heterocycles. The largest absolute Gasteiger partial charge is 0.480 e. The van der Waals surface area contributed by atoms with Crippen LogP contribution in [0.3, 0.4) is 0 Å². The predicted molar refractivity (Wildman–Crippen MR) is 131 cm³/mol. The Morgan fingerprint density at radius 2 is 1.91 bits per heavy atom. The smallest absolute Gasteiger partial charge is 0.321 e. The minimum Gasteiger partial charge on any atom is -0.480 e. The molecule has 6 nitrogen and oxygen atoms in total. The first-order valence-corrected chi connectivity index (χ1v) is 12.2. The van der Waals surface area contributed by atoms with E-state index in [1.165, 1.54) is 6.07 Å². The molecule has 3 atom stereocenters. The maximum Gasteiger partial charge on any atom is 0.321 e. The Morgan fingerprint density at radius 1 is 1.24 bits per heavy atom. The summed E-state index contributed by atoms with van der Waals surface area (Å²) in [6.07, 6.45) is 4.75. The van der Waals surface area contributed by atoms with Crippen molar-refractivity contribution in [3.05, 3.63) is 57.6 Å². The summed E-state index contributed by atoms with van der Waals surface area (Å²) in [5.41, 5.74) is -0.0297. The number of aliphatic hydroxyl groups is 1. The van der Waals surface area contributed by atoms with Crippen molar-refractivity contribution in [3.8, 4) is 0 Å². The minimum absolute atomic E-state index is 0.0577. The topological polar surface area (TPSA) is 94.5 Å². The fourth-order valence-corrected chi connectivity index (χ4v) is 6.47. The van der Waals surface area contributed by atoms with E-state index in [4.69, 9.17) is 23.2 Å². The van der Waals surface area contributed by atoms with Gasteiger partial charge < -0.3 is 15.5 Å². The van der Waals surface area contributed by atoms with Crippen molar-refractivity contribution in [1.82, 2.24) is 10.3 Å². The van der Waals surface area contributed by atoms with Gasteiger partial charge in [0.25, 0.3) is 0 Å². The van der Waals surface area contributed by atoms with Crippen LogP contribution in [0.5, 0.6) is 0 Å². The molecule has 2 aliphatic rings. The van der Waals surface area contributed by atoms with Gasteiger partial charge in [-0.2, -0.15) is 0 Å². The van der Waals surface area contributed by atoms with Crippen molar-refractivity contribution in [1.29, 1.82) is 0 Å². The van der Waals surface area contributed by atoms with E-state index in [0.29, 0.717) is 24.1 Å². The maximum atomic E-state index is 15.5. The third-order valence-electron chi connectivity index (χ3n) is 8.12. The second-order valence-corrected chi connectivity index (χ2v) is 11.2. The quantitative estimate of drug-likeness (QED) is 0.321. The SMILES string of the molecule is CC1(C)CCC2(CC1)N[C@@H](C(=O)O)[C@H](c1cccc(Cl)c1F)C2(C)c1cnc(Cl)cc1NCO. The van der Waals surface area contributed by atoms with E-state index < -0.39 is 34.7 Å². The first kappa shape index (κ1) is 25.2. The van der Waals surface area contributed by atoms with Crippen LogP contribution in [-0.4, -0.2) is 39.5 Å². The average molecular weight is 510 g/mol. The molecule has 2 fully saturated rings. The first-order valence-electron chi connectivity index (χ1n) is 11.4. The van der Waals surface area contributed by atoms with Crippen LogP contribution in [0.15, 0.2) is 30.5 Å². The van der Waals surface area contributed by atoms with Crippen molar-refractivity contribution in [2.24, 2.45) is 5.41 Å². The zero-order chi connectivity index (χ0) is 24.9. The third-order valence-corrected chi connectivity index (χ3v) is 8.62. The second-order valence-electron chi connectivity index (χ2n) is 10.4. The number of anilines is 1. The summed E-state index contributed by atoms with van der Waals surface area (Å²) in [7, 11) is 0. The van der Waals surface area contributed by atoms with Gasteiger partial charge in [-0.25, -0.2) is 9.37 Å². The summed E-state index contributed by atoms with van der Waals surface area (Å²) in [4.78, 5) is 16.9. The first-order chi connectivity index (χ1) is 16.0. The molecule has 0 bridgehead atoms. The number of aliphatic hydroxyl groups excluding tert-OH is 1. The van der Waals surface area contributed by atoms with Gasteiger partial charge in [-0.05, 0) is 48.8 Å². The summed E-state index contributed by atoms with van der Waals surface area (Å²) >= 11 is 12.3. The molecule has 1 aliphatic carbocycles.